The van der Waals surface area contributed by atoms with E-state index < -0.39 is 0 Å². The minimum atomic E-state index is 0.00718. The van der Waals surface area contributed by atoms with Gasteiger partial charge >= 0.3 is 0 Å². The fourth-order valence-corrected chi connectivity index (χ4v) is 5.03. The number of rotatable bonds is 0. The second-order valence-corrected chi connectivity index (χ2v) is 7.50. The minimum absolute atomic E-state index is 0.00718. The molecule has 0 spiro atoms. The molecule has 0 saturated heterocycles. The lowest BCUT2D eigenvalue weighted by molar-refractivity contribution is 0.0947. The van der Waals surface area contributed by atoms with Gasteiger partial charge in [0.05, 0.1) is 10.3 Å². The Morgan fingerprint density at radius 2 is 2.31 bits per heavy atom. The SMILES string of the molecule is Cc1cc2c(s1)CC[C@@H]1SC(Cl)=C[C@H]1C2=O. The molecule has 1 aromatic rings. The van der Waals surface area contributed by atoms with Gasteiger partial charge in [-0.2, -0.15) is 0 Å². The molecule has 0 amide bonds. The van der Waals surface area contributed by atoms with E-state index in [-0.39, 0.29) is 11.7 Å². The molecule has 2 aliphatic rings. The molecule has 2 heterocycles. The molecule has 16 heavy (non-hydrogen) atoms. The summed E-state index contributed by atoms with van der Waals surface area (Å²) in [6, 6.07) is 2.04. The van der Waals surface area contributed by atoms with E-state index in [1.54, 1.807) is 23.1 Å². The number of Topliss-reactive ketones (excluding diaryl/α,β-unsaturated/α-hetero) is 1. The molecular weight excluding hydrogens is 260 g/mol. The summed E-state index contributed by atoms with van der Waals surface area (Å²) in [5.74, 6) is 0.276. The highest BCUT2D eigenvalue weighted by Gasteiger charge is 2.37. The number of fused-ring (bicyclic) bond motifs is 2. The Kier molecular flexibility index (Phi) is 2.65. The number of thioether (sulfide) groups is 1. The van der Waals surface area contributed by atoms with Crippen LogP contribution in [0, 0.1) is 12.8 Å². The van der Waals surface area contributed by atoms with Crippen molar-refractivity contribution >= 4 is 40.5 Å². The van der Waals surface area contributed by atoms with Crippen molar-refractivity contribution in [1.82, 2.24) is 0 Å². The van der Waals surface area contributed by atoms with Crippen molar-refractivity contribution in [3.63, 3.8) is 0 Å². The van der Waals surface area contributed by atoms with Crippen LogP contribution in [0.3, 0.4) is 0 Å². The van der Waals surface area contributed by atoms with Crippen LogP contribution < -0.4 is 0 Å². The third-order valence-electron chi connectivity index (χ3n) is 3.13. The Morgan fingerprint density at radius 1 is 1.50 bits per heavy atom. The zero-order valence-corrected chi connectivity index (χ0v) is 11.2. The highest BCUT2D eigenvalue weighted by Crippen LogP contribution is 2.45. The van der Waals surface area contributed by atoms with E-state index in [2.05, 4.69) is 6.92 Å². The standard InChI is InChI=1S/C12H11ClOS2/c1-6-4-7-9(15-6)2-3-10-8(12(7)14)5-11(13)16-10/h4-5,8,10H,2-3H2,1H3/t8-,10+/m1/s1. The van der Waals surface area contributed by atoms with E-state index in [0.717, 1.165) is 22.8 Å². The molecule has 1 aliphatic heterocycles. The van der Waals surface area contributed by atoms with Gasteiger partial charge in [-0.25, -0.2) is 0 Å². The maximum atomic E-state index is 12.4. The molecule has 0 unspecified atom stereocenters. The van der Waals surface area contributed by atoms with Gasteiger partial charge in [-0.1, -0.05) is 11.6 Å². The topological polar surface area (TPSA) is 17.1 Å². The molecule has 1 nitrogen and oxygen atoms in total. The van der Waals surface area contributed by atoms with Crippen molar-refractivity contribution in [3.8, 4) is 0 Å². The number of thiophene rings is 1. The Morgan fingerprint density at radius 3 is 3.12 bits per heavy atom. The van der Waals surface area contributed by atoms with Crippen molar-refractivity contribution in [2.75, 3.05) is 0 Å². The summed E-state index contributed by atoms with van der Waals surface area (Å²) in [5, 5.41) is 0.361. The number of hydrogen-bond acceptors (Lipinski definition) is 3. The zero-order chi connectivity index (χ0) is 11.3. The average molecular weight is 271 g/mol. The lowest BCUT2D eigenvalue weighted by atomic mass is 9.97. The van der Waals surface area contributed by atoms with Crippen LogP contribution in [-0.4, -0.2) is 11.0 Å². The number of carbonyl (C=O) groups is 1. The molecule has 0 fully saturated rings. The molecule has 0 N–H and O–H groups in total. The first-order valence-electron chi connectivity index (χ1n) is 5.32. The number of halogens is 1. The third-order valence-corrected chi connectivity index (χ3v) is 5.83. The van der Waals surface area contributed by atoms with Gasteiger partial charge in [0.15, 0.2) is 5.78 Å². The summed E-state index contributed by atoms with van der Waals surface area (Å²) in [7, 11) is 0. The van der Waals surface area contributed by atoms with Crippen molar-refractivity contribution in [1.29, 1.82) is 0 Å². The van der Waals surface area contributed by atoms with Gasteiger partial charge in [0.1, 0.15) is 0 Å². The van der Waals surface area contributed by atoms with Gasteiger partial charge in [-0.3, -0.25) is 4.79 Å². The quantitative estimate of drug-likeness (QED) is 0.709. The van der Waals surface area contributed by atoms with E-state index in [1.165, 1.54) is 9.75 Å². The average Bonchev–Trinajstić information content (AvgIpc) is 2.75. The molecule has 2 atom stereocenters. The molecule has 0 radical (unpaired) electrons. The fourth-order valence-electron chi connectivity index (χ4n) is 2.40. The van der Waals surface area contributed by atoms with E-state index >= 15 is 0 Å². The van der Waals surface area contributed by atoms with Gasteiger partial charge in [-0.05, 0) is 31.9 Å². The maximum absolute atomic E-state index is 12.4. The largest absolute Gasteiger partial charge is 0.293 e. The Bertz CT molecular complexity index is 489. The molecule has 84 valence electrons. The smallest absolute Gasteiger partial charge is 0.172 e. The van der Waals surface area contributed by atoms with Gasteiger partial charge in [0.25, 0.3) is 0 Å². The molecule has 3 rings (SSSR count). The van der Waals surface area contributed by atoms with Gasteiger partial charge in [0.2, 0.25) is 0 Å². The predicted molar refractivity (Wildman–Crippen MR) is 70.5 cm³/mol. The van der Waals surface area contributed by atoms with Gasteiger partial charge in [-0.15, -0.1) is 23.1 Å². The van der Waals surface area contributed by atoms with Crippen LogP contribution in [0.25, 0.3) is 0 Å². The fraction of sp³-hybridized carbons (Fsp3) is 0.417. The van der Waals surface area contributed by atoms with Crippen LogP contribution in [0.15, 0.2) is 16.5 Å². The normalized spacial score (nSPS) is 28.4. The monoisotopic (exact) mass is 270 g/mol. The highest BCUT2D eigenvalue weighted by atomic mass is 35.5. The number of aryl methyl sites for hydroxylation is 2. The van der Waals surface area contributed by atoms with Crippen LogP contribution in [0.5, 0.6) is 0 Å². The zero-order valence-electron chi connectivity index (χ0n) is 8.83. The number of hydrogen-bond donors (Lipinski definition) is 0. The van der Waals surface area contributed by atoms with Crippen molar-refractivity contribution in [2.45, 2.75) is 25.0 Å². The summed E-state index contributed by atoms with van der Waals surface area (Å²) in [4.78, 5) is 14.9. The molecule has 0 aromatic carbocycles. The summed E-state index contributed by atoms with van der Waals surface area (Å²) in [5.41, 5.74) is 0.943. The summed E-state index contributed by atoms with van der Waals surface area (Å²) in [6.07, 6.45) is 4.01. The van der Waals surface area contributed by atoms with Gasteiger partial charge < -0.3 is 0 Å². The van der Waals surface area contributed by atoms with Crippen LogP contribution in [0.1, 0.15) is 26.5 Å². The summed E-state index contributed by atoms with van der Waals surface area (Å²) in [6.45, 7) is 2.07. The highest BCUT2D eigenvalue weighted by molar-refractivity contribution is 8.05. The Hall–Kier alpha value is -0.250. The lowest BCUT2D eigenvalue weighted by Gasteiger charge is -2.12. The first-order chi connectivity index (χ1) is 7.65. The maximum Gasteiger partial charge on any atom is 0.172 e. The van der Waals surface area contributed by atoms with Crippen molar-refractivity contribution in [2.24, 2.45) is 5.92 Å². The summed E-state index contributed by atoms with van der Waals surface area (Å²) < 4.78 is 0.791. The Balaban J connectivity index is 2.04. The van der Waals surface area contributed by atoms with E-state index in [1.807, 2.05) is 12.1 Å². The van der Waals surface area contributed by atoms with Gasteiger partial charge in [0, 0.05) is 20.6 Å². The molecular formula is C12H11ClOS2. The Labute approximate surface area is 108 Å². The molecule has 1 aromatic heterocycles. The van der Waals surface area contributed by atoms with Crippen LogP contribution >= 0.6 is 34.7 Å². The first kappa shape index (κ1) is 10.9. The van der Waals surface area contributed by atoms with Crippen LogP contribution in [-0.2, 0) is 6.42 Å². The number of carbonyl (C=O) groups excluding carboxylic acids is 1. The first-order valence-corrected chi connectivity index (χ1v) is 7.40. The van der Waals surface area contributed by atoms with E-state index in [0.29, 0.717) is 5.25 Å². The molecule has 1 aliphatic carbocycles. The van der Waals surface area contributed by atoms with Crippen LogP contribution in [0.4, 0.5) is 0 Å². The van der Waals surface area contributed by atoms with E-state index in [9.17, 15) is 4.79 Å². The van der Waals surface area contributed by atoms with Crippen molar-refractivity contribution < 1.29 is 4.79 Å². The molecule has 4 heteroatoms. The van der Waals surface area contributed by atoms with Crippen molar-refractivity contribution in [3.05, 3.63) is 31.8 Å². The van der Waals surface area contributed by atoms with E-state index in [4.69, 9.17) is 11.6 Å². The molecule has 0 bridgehead atoms. The third kappa shape index (κ3) is 1.66. The van der Waals surface area contributed by atoms with Crippen LogP contribution in [0.2, 0.25) is 0 Å². The second kappa shape index (κ2) is 3.90. The minimum Gasteiger partial charge on any atom is -0.293 e. The second-order valence-electron chi connectivity index (χ2n) is 4.25. The summed E-state index contributed by atoms with van der Waals surface area (Å²) >= 11 is 9.43. The number of ketones is 1. The molecule has 0 saturated carbocycles. The predicted octanol–water partition coefficient (Wildman–Crippen LogP) is 4.00. The number of allylic oxidation sites excluding steroid dienone is 1. The lowest BCUT2D eigenvalue weighted by Crippen LogP contribution is -2.19.